The van der Waals surface area contributed by atoms with Gasteiger partial charge in [-0.15, -0.1) is 0 Å². The number of methoxy groups -OCH3 is 1. The van der Waals surface area contributed by atoms with Crippen molar-refractivity contribution >= 4 is 11.6 Å². The Morgan fingerprint density at radius 2 is 1.73 bits per heavy atom. The number of carbonyl (C=O) groups is 1. The average Bonchev–Trinajstić information content (AvgIpc) is 3.16. The summed E-state index contributed by atoms with van der Waals surface area (Å²) < 4.78 is 16.6. The van der Waals surface area contributed by atoms with Gasteiger partial charge in [-0.2, -0.15) is 0 Å². The molecule has 1 aromatic heterocycles. The number of benzene rings is 3. The van der Waals surface area contributed by atoms with Crippen LogP contribution >= 0.6 is 0 Å². The zero-order valence-corrected chi connectivity index (χ0v) is 18.9. The SMILES string of the molecule is COc1cc(C(=O)Nc2ccccc2Cc2ccccc2)ccc1OCc1c(C)noc1C. The fourth-order valence-electron chi connectivity index (χ4n) is 3.59. The van der Waals surface area contributed by atoms with Gasteiger partial charge in [0.1, 0.15) is 12.4 Å². The highest BCUT2D eigenvalue weighted by atomic mass is 16.5. The molecular weight excluding hydrogens is 416 g/mol. The second-order valence-electron chi connectivity index (χ2n) is 7.73. The van der Waals surface area contributed by atoms with Crippen LogP contribution in [0.2, 0.25) is 0 Å². The van der Waals surface area contributed by atoms with Gasteiger partial charge in [-0.05, 0) is 55.7 Å². The zero-order chi connectivity index (χ0) is 23.2. The Kier molecular flexibility index (Phi) is 6.74. The summed E-state index contributed by atoms with van der Waals surface area (Å²) in [6, 6.07) is 23.1. The van der Waals surface area contributed by atoms with E-state index in [1.165, 1.54) is 5.56 Å². The Labute approximate surface area is 193 Å². The number of anilines is 1. The molecule has 0 spiro atoms. The third-order valence-electron chi connectivity index (χ3n) is 5.48. The van der Waals surface area contributed by atoms with Crippen LogP contribution in [0.15, 0.2) is 77.3 Å². The monoisotopic (exact) mass is 442 g/mol. The van der Waals surface area contributed by atoms with E-state index in [1.807, 2.05) is 56.3 Å². The van der Waals surface area contributed by atoms with Crippen LogP contribution in [0.1, 0.15) is 38.5 Å². The third-order valence-corrected chi connectivity index (χ3v) is 5.48. The molecule has 6 heteroatoms. The van der Waals surface area contributed by atoms with Crippen molar-refractivity contribution in [3.8, 4) is 11.5 Å². The first kappa shape index (κ1) is 22.1. The van der Waals surface area contributed by atoms with Crippen molar-refractivity contribution in [2.24, 2.45) is 0 Å². The fourth-order valence-corrected chi connectivity index (χ4v) is 3.59. The number of carbonyl (C=O) groups excluding carboxylic acids is 1. The number of rotatable bonds is 8. The number of hydrogen-bond donors (Lipinski definition) is 1. The molecule has 0 radical (unpaired) electrons. The highest BCUT2D eigenvalue weighted by Gasteiger charge is 2.15. The van der Waals surface area contributed by atoms with Crippen LogP contribution in [0.5, 0.6) is 11.5 Å². The van der Waals surface area contributed by atoms with E-state index in [4.69, 9.17) is 14.0 Å². The molecule has 0 saturated carbocycles. The Balaban J connectivity index is 1.49. The summed E-state index contributed by atoms with van der Waals surface area (Å²) in [5.41, 5.74) is 5.17. The molecule has 0 aliphatic carbocycles. The second-order valence-corrected chi connectivity index (χ2v) is 7.73. The van der Waals surface area contributed by atoms with Gasteiger partial charge in [0.15, 0.2) is 11.5 Å². The zero-order valence-electron chi connectivity index (χ0n) is 18.9. The summed E-state index contributed by atoms with van der Waals surface area (Å²) in [6.07, 6.45) is 0.731. The van der Waals surface area contributed by atoms with E-state index in [2.05, 4.69) is 22.6 Å². The number of amides is 1. The molecule has 33 heavy (non-hydrogen) atoms. The van der Waals surface area contributed by atoms with Crippen LogP contribution in [0.25, 0.3) is 0 Å². The maximum atomic E-state index is 13.0. The van der Waals surface area contributed by atoms with E-state index < -0.39 is 0 Å². The summed E-state index contributed by atoms with van der Waals surface area (Å²) in [6.45, 7) is 4.02. The number of para-hydroxylation sites is 1. The molecule has 4 aromatic rings. The van der Waals surface area contributed by atoms with Gasteiger partial charge in [0, 0.05) is 11.3 Å². The number of aryl methyl sites for hydroxylation is 2. The maximum Gasteiger partial charge on any atom is 0.255 e. The van der Waals surface area contributed by atoms with Gasteiger partial charge in [0.25, 0.3) is 5.91 Å². The minimum absolute atomic E-state index is 0.217. The third kappa shape index (κ3) is 5.23. The minimum Gasteiger partial charge on any atom is -0.493 e. The molecule has 0 unspecified atom stereocenters. The van der Waals surface area contributed by atoms with Crippen molar-refractivity contribution < 1.29 is 18.8 Å². The van der Waals surface area contributed by atoms with Crippen molar-refractivity contribution in [2.75, 3.05) is 12.4 Å². The van der Waals surface area contributed by atoms with E-state index in [1.54, 1.807) is 25.3 Å². The number of nitrogens with one attached hydrogen (secondary N) is 1. The van der Waals surface area contributed by atoms with Crippen molar-refractivity contribution in [3.05, 3.63) is 107 Å². The summed E-state index contributed by atoms with van der Waals surface area (Å²) in [5.74, 6) is 1.52. The van der Waals surface area contributed by atoms with Crippen LogP contribution in [0.3, 0.4) is 0 Å². The highest BCUT2D eigenvalue weighted by Crippen LogP contribution is 2.30. The van der Waals surface area contributed by atoms with Crippen LogP contribution in [0, 0.1) is 13.8 Å². The number of ether oxygens (including phenoxy) is 2. The first-order valence-electron chi connectivity index (χ1n) is 10.7. The molecule has 168 valence electrons. The molecule has 4 rings (SSSR count). The Morgan fingerprint density at radius 3 is 2.45 bits per heavy atom. The van der Waals surface area contributed by atoms with Crippen molar-refractivity contribution in [1.82, 2.24) is 5.16 Å². The summed E-state index contributed by atoms with van der Waals surface area (Å²) >= 11 is 0. The molecule has 1 heterocycles. The van der Waals surface area contributed by atoms with Crippen molar-refractivity contribution in [1.29, 1.82) is 0 Å². The van der Waals surface area contributed by atoms with Crippen molar-refractivity contribution in [3.63, 3.8) is 0 Å². The first-order valence-corrected chi connectivity index (χ1v) is 10.7. The normalized spacial score (nSPS) is 10.6. The van der Waals surface area contributed by atoms with Gasteiger partial charge < -0.3 is 19.3 Å². The molecule has 0 aliphatic heterocycles. The predicted octanol–water partition coefficient (Wildman–Crippen LogP) is 5.72. The lowest BCUT2D eigenvalue weighted by molar-refractivity contribution is 0.102. The van der Waals surface area contributed by atoms with E-state index in [0.29, 0.717) is 23.7 Å². The smallest absolute Gasteiger partial charge is 0.255 e. The molecule has 1 N–H and O–H groups in total. The lowest BCUT2D eigenvalue weighted by Crippen LogP contribution is -2.13. The van der Waals surface area contributed by atoms with Gasteiger partial charge in [0.2, 0.25) is 0 Å². The maximum absolute atomic E-state index is 13.0. The van der Waals surface area contributed by atoms with Gasteiger partial charge in [-0.25, -0.2) is 0 Å². The van der Waals surface area contributed by atoms with Crippen LogP contribution in [-0.2, 0) is 13.0 Å². The molecule has 1 amide bonds. The van der Waals surface area contributed by atoms with Crippen LogP contribution in [0.4, 0.5) is 5.69 Å². The van der Waals surface area contributed by atoms with Gasteiger partial charge in [-0.3, -0.25) is 4.79 Å². The Bertz CT molecular complexity index is 1230. The summed E-state index contributed by atoms with van der Waals surface area (Å²) in [5, 5.41) is 6.97. The number of aromatic nitrogens is 1. The molecule has 0 atom stereocenters. The lowest BCUT2D eigenvalue weighted by atomic mass is 10.0. The summed E-state index contributed by atoms with van der Waals surface area (Å²) in [4.78, 5) is 13.0. The van der Waals surface area contributed by atoms with Gasteiger partial charge in [-0.1, -0.05) is 53.7 Å². The average molecular weight is 443 g/mol. The minimum atomic E-state index is -0.217. The predicted molar refractivity (Wildman–Crippen MR) is 127 cm³/mol. The first-order chi connectivity index (χ1) is 16.0. The standard InChI is InChI=1S/C27H26N2O4/c1-18-23(19(2)33-29-18)17-32-25-14-13-22(16-26(25)31-3)27(30)28-24-12-8-7-11-21(24)15-20-9-5-4-6-10-20/h4-14,16H,15,17H2,1-3H3,(H,28,30). The largest absolute Gasteiger partial charge is 0.493 e. The van der Waals surface area contributed by atoms with E-state index in [0.717, 1.165) is 34.7 Å². The van der Waals surface area contributed by atoms with Crippen LogP contribution < -0.4 is 14.8 Å². The van der Waals surface area contributed by atoms with Crippen molar-refractivity contribution in [2.45, 2.75) is 26.9 Å². The second kappa shape index (κ2) is 10.0. The Morgan fingerprint density at radius 1 is 0.970 bits per heavy atom. The van der Waals surface area contributed by atoms with Gasteiger partial charge in [0.05, 0.1) is 18.4 Å². The molecular formula is C27H26N2O4. The fraction of sp³-hybridized carbons (Fsp3) is 0.185. The molecule has 3 aromatic carbocycles. The van der Waals surface area contributed by atoms with E-state index in [9.17, 15) is 4.79 Å². The van der Waals surface area contributed by atoms with E-state index in [-0.39, 0.29) is 5.91 Å². The highest BCUT2D eigenvalue weighted by molar-refractivity contribution is 6.05. The molecule has 0 bridgehead atoms. The topological polar surface area (TPSA) is 73.6 Å². The van der Waals surface area contributed by atoms with Gasteiger partial charge >= 0.3 is 0 Å². The molecule has 0 saturated heterocycles. The Hall–Kier alpha value is -4.06. The number of nitrogens with zero attached hydrogens (tertiary/aromatic N) is 1. The lowest BCUT2D eigenvalue weighted by Gasteiger charge is -2.14. The van der Waals surface area contributed by atoms with E-state index >= 15 is 0 Å². The van der Waals surface area contributed by atoms with Crippen LogP contribution in [-0.4, -0.2) is 18.2 Å². The summed E-state index contributed by atoms with van der Waals surface area (Å²) in [7, 11) is 1.55. The molecule has 0 aliphatic rings. The quantitative estimate of drug-likeness (QED) is 0.378. The molecule has 6 nitrogen and oxygen atoms in total. The number of hydrogen-bond acceptors (Lipinski definition) is 5. The molecule has 0 fully saturated rings.